The van der Waals surface area contributed by atoms with E-state index in [1.165, 1.54) is 12.4 Å². The van der Waals surface area contributed by atoms with Crippen molar-refractivity contribution in [1.82, 2.24) is 20.3 Å². The molecule has 8 heteroatoms. The molecule has 0 spiro atoms. The van der Waals surface area contributed by atoms with Gasteiger partial charge in [0, 0.05) is 25.1 Å². The molecule has 0 bridgehead atoms. The minimum Gasteiger partial charge on any atom is -0.493 e. The highest BCUT2D eigenvalue weighted by molar-refractivity contribution is 5.93. The zero-order valence-electron chi connectivity index (χ0n) is 16.4. The molecule has 2 heterocycles. The number of rotatable bonds is 9. The number of nitrogens with zero attached hydrogens (tertiary/aromatic N) is 3. The Morgan fingerprint density at radius 2 is 1.79 bits per heavy atom. The smallest absolute Gasteiger partial charge is 0.254 e. The average Bonchev–Trinajstić information content (AvgIpc) is 2.78. The third-order valence-corrected chi connectivity index (χ3v) is 4.21. The molecular formula is C21H23N5O3. The molecule has 1 aromatic carbocycles. The van der Waals surface area contributed by atoms with Crippen LogP contribution in [0, 0.1) is 0 Å². The number of nitrogens with one attached hydrogen (secondary N) is 2. The van der Waals surface area contributed by atoms with Crippen LogP contribution < -0.4 is 20.1 Å². The van der Waals surface area contributed by atoms with Crippen molar-refractivity contribution < 1.29 is 14.3 Å². The lowest BCUT2D eigenvalue weighted by atomic mass is 10.1. The van der Waals surface area contributed by atoms with Gasteiger partial charge in [-0.1, -0.05) is 12.1 Å². The fraction of sp³-hybridized carbons (Fsp3) is 0.238. The van der Waals surface area contributed by atoms with Crippen molar-refractivity contribution in [3.63, 3.8) is 0 Å². The van der Waals surface area contributed by atoms with Crippen LogP contribution in [0.2, 0.25) is 0 Å². The summed E-state index contributed by atoms with van der Waals surface area (Å²) in [6.45, 7) is 0.992. The van der Waals surface area contributed by atoms with Gasteiger partial charge in [0.15, 0.2) is 11.5 Å². The molecule has 29 heavy (non-hydrogen) atoms. The molecule has 0 saturated heterocycles. The largest absolute Gasteiger partial charge is 0.493 e. The van der Waals surface area contributed by atoms with Gasteiger partial charge in [0.1, 0.15) is 0 Å². The predicted octanol–water partition coefficient (Wildman–Crippen LogP) is 2.47. The molecule has 0 aliphatic heterocycles. The highest BCUT2D eigenvalue weighted by atomic mass is 16.5. The monoisotopic (exact) mass is 393 g/mol. The van der Waals surface area contributed by atoms with E-state index in [0.717, 1.165) is 11.3 Å². The van der Waals surface area contributed by atoms with Crippen LogP contribution in [-0.4, -0.2) is 41.6 Å². The molecule has 150 valence electrons. The van der Waals surface area contributed by atoms with E-state index in [1.807, 2.05) is 36.4 Å². The number of carbonyl (C=O) groups excluding carboxylic acids is 1. The molecule has 2 aromatic heterocycles. The molecular weight excluding hydrogens is 370 g/mol. The van der Waals surface area contributed by atoms with E-state index < -0.39 is 0 Å². The lowest BCUT2D eigenvalue weighted by molar-refractivity contribution is 0.0953. The summed E-state index contributed by atoms with van der Waals surface area (Å²) >= 11 is 0. The number of hydrogen-bond donors (Lipinski definition) is 2. The van der Waals surface area contributed by atoms with Crippen molar-refractivity contribution in [3.05, 3.63) is 71.8 Å². The van der Waals surface area contributed by atoms with Gasteiger partial charge in [-0.3, -0.25) is 9.78 Å². The van der Waals surface area contributed by atoms with Crippen molar-refractivity contribution in [3.8, 4) is 11.5 Å². The second-order valence-electron chi connectivity index (χ2n) is 6.17. The van der Waals surface area contributed by atoms with Gasteiger partial charge in [0.2, 0.25) is 5.95 Å². The van der Waals surface area contributed by atoms with Crippen LogP contribution >= 0.6 is 0 Å². The number of pyridine rings is 1. The van der Waals surface area contributed by atoms with E-state index in [1.54, 1.807) is 20.4 Å². The first kappa shape index (κ1) is 20.1. The van der Waals surface area contributed by atoms with Gasteiger partial charge < -0.3 is 20.1 Å². The second kappa shape index (κ2) is 10.0. The number of amides is 1. The Morgan fingerprint density at radius 1 is 1.00 bits per heavy atom. The SMILES string of the molecule is COc1ccc(CCNC(=O)c2cnc(NCc3ccccn3)nc2)cc1OC. The molecule has 3 aromatic rings. The van der Waals surface area contributed by atoms with Crippen LogP contribution in [0.1, 0.15) is 21.6 Å². The highest BCUT2D eigenvalue weighted by Crippen LogP contribution is 2.27. The Balaban J connectivity index is 1.48. The topological polar surface area (TPSA) is 98.3 Å². The lowest BCUT2D eigenvalue weighted by Gasteiger charge is -2.10. The lowest BCUT2D eigenvalue weighted by Crippen LogP contribution is -2.26. The molecule has 0 fully saturated rings. The van der Waals surface area contributed by atoms with Gasteiger partial charge in [-0.25, -0.2) is 9.97 Å². The molecule has 0 atom stereocenters. The van der Waals surface area contributed by atoms with Gasteiger partial charge in [0.05, 0.1) is 32.0 Å². The zero-order chi connectivity index (χ0) is 20.5. The fourth-order valence-corrected chi connectivity index (χ4v) is 2.67. The summed E-state index contributed by atoms with van der Waals surface area (Å²) < 4.78 is 10.5. The quantitative estimate of drug-likeness (QED) is 0.576. The highest BCUT2D eigenvalue weighted by Gasteiger charge is 2.08. The first-order valence-electron chi connectivity index (χ1n) is 9.14. The van der Waals surface area contributed by atoms with E-state index in [4.69, 9.17) is 9.47 Å². The third kappa shape index (κ3) is 5.65. The van der Waals surface area contributed by atoms with Crippen molar-refractivity contribution in [2.45, 2.75) is 13.0 Å². The molecule has 1 amide bonds. The maximum absolute atomic E-state index is 12.3. The summed E-state index contributed by atoms with van der Waals surface area (Å²) in [7, 11) is 3.19. The van der Waals surface area contributed by atoms with Gasteiger partial charge >= 0.3 is 0 Å². The molecule has 0 aliphatic rings. The molecule has 0 aliphatic carbocycles. The Bertz CT molecular complexity index is 933. The number of benzene rings is 1. The number of anilines is 1. The van der Waals surface area contributed by atoms with Crippen LogP contribution in [0.4, 0.5) is 5.95 Å². The molecule has 8 nitrogen and oxygen atoms in total. The maximum atomic E-state index is 12.3. The number of ether oxygens (including phenoxy) is 2. The van der Waals surface area contributed by atoms with Gasteiger partial charge in [-0.15, -0.1) is 0 Å². The number of hydrogen-bond acceptors (Lipinski definition) is 7. The average molecular weight is 393 g/mol. The number of methoxy groups -OCH3 is 2. The second-order valence-corrected chi connectivity index (χ2v) is 6.17. The minimum atomic E-state index is -0.221. The fourth-order valence-electron chi connectivity index (χ4n) is 2.67. The summed E-state index contributed by atoms with van der Waals surface area (Å²) in [4.78, 5) is 24.9. The molecule has 3 rings (SSSR count). The van der Waals surface area contributed by atoms with E-state index in [2.05, 4.69) is 25.6 Å². The van der Waals surface area contributed by atoms with Crippen molar-refractivity contribution >= 4 is 11.9 Å². The third-order valence-electron chi connectivity index (χ3n) is 4.21. The predicted molar refractivity (Wildman–Crippen MR) is 109 cm³/mol. The number of carbonyl (C=O) groups is 1. The van der Waals surface area contributed by atoms with Crippen LogP contribution in [0.25, 0.3) is 0 Å². The van der Waals surface area contributed by atoms with Crippen LogP contribution in [0.3, 0.4) is 0 Å². The standard InChI is InChI=1S/C21H23N5O3/c1-28-18-7-6-15(11-19(18)29-2)8-10-23-20(27)16-12-24-21(25-13-16)26-14-17-5-3-4-9-22-17/h3-7,9,11-13H,8,10,14H2,1-2H3,(H,23,27)(H,24,25,26). The first-order valence-corrected chi connectivity index (χ1v) is 9.14. The maximum Gasteiger partial charge on any atom is 0.254 e. The van der Waals surface area contributed by atoms with Crippen LogP contribution in [0.15, 0.2) is 55.0 Å². The van der Waals surface area contributed by atoms with E-state index in [-0.39, 0.29) is 5.91 Å². The first-order chi connectivity index (χ1) is 14.2. The van der Waals surface area contributed by atoms with E-state index >= 15 is 0 Å². The Labute approximate surface area is 169 Å². The Hall–Kier alpha value is -3.68. The summed E-state index contributed by atoms with van der Waals surface area (Å²) in [6.07, 6.45) is 5.39. The normalized spacial score (nSPS) is 10.3. The van der Waals surface area contributed by atoms with Crippen LogP contribution in [-0.2, 0) is 13.0 Å². The molecule has 0 unspecified atom stereocenters. The molecule has 2 N–H and O–H groups in total. The van der Waals surface area contributed by atoms with E-state index in [9.17, 15) is 4.79 Å². The molecule has 0 saturated carbocycles. The Morgan fingerprint density at radius 3 is 2.48 bits per heavy atom. The number of aromatic nitrogens is 3. The summed E-state index contributed by atoms with van der Waals surface area (Å²) in [5.74, 6) is 1.56. The Kier molecular flexibility index (Phi) is 6.94. The van der Waals surface area contributed by atoms with Crippen LogP contribution in [0.5, 0.6) is 11.5 Å². The van der Waals surface area contributed by atoms with Gasteiger partial charge in [-0.2, -0.15) is 0 Å². The molecule has 0 radical (unpaired) electrons. The van der Waals surface area contributed by atoms with Crippen molar-refractivity contribution in [2.75, 3.05) is 26.1 Å². The summed E-state index contributed by atoms with van der Waals surface area (Å²) in [5, 5.41) is 5.94. The van der Waals surface area contributed by atoms with E-state index in [0.29, 0.717) is 42.5 Å². The van der Waals surface area contributed by atoms with Crippen molar-refractivity contribution in [1.29, 1.82) is 0 Å². The summed E-state index contributed by atoms with van der Waals surface area (Å²) in [6, 6.07) is 11.4. The van der Waals surface area contributed by atoms with Gasteiger partial charge in [0.25, 0.3) is 5.91 Å². The summed E-state index contributed by atoms with van der Waals surface area (Å²) in [5.41, 5.74) is 2.32. The zero-order valence-corrected chi connectivity index (χ0v) is 16.4. The van der Waals surface area contributed by atoms with Gasteiger partial charge in [-0.05, 0) is 36.2 Å². The minimum absolute atomic E-state index is 0.221. The van der Waals surface area contributed by atoms with Crippen molar-refractivity contribution in [2.24, 2.45) is 0 Å².